The molecule has 15 heavy (non-hydrogen) atoms. The summed E-state index contributed by atoms with van der Waals surface area (Å²) in [4.78, 5) is 0. The van der Waals surface area contributed by atoms with E-state index in [-0.39, 0.29) is 5.41 Å². The third kappa shape index (κ3) is 3.22. The Hall–Kier alpha value is -0.530. The molecule has 0 aliphatic carbocycles. The highest BCUT2D eigenvalue weighted by atomic mass is 35.5. The van der Waals surface area contributed by atoms with E-state index in [9.17, 15) is 0 Å². The Bertz CT molecular complexity index is 331. The minimum absolute atomic E-state index is 0.181. The van der Waals surface area contributed by atoms with E-state index in [1.54, 1.807) is 0 Å². The third-order valence-corrected chi connectivity index (χ3v) is 3.36. The van der Waals surface area contributed by atoms with E-state index in [1.807, 2.05) is 14.0 Å². The number of halogens is 1. The maximum Gasteiger partial charge on any atom is 0.0438 e. The normalized spacial score (nSPS) is 11.8. The van der Waals surface area contributed by atoms with Gasteiger partial charge in [0.15, 0.2) is 0 Å². The molecule has 0 unspecified atom stereocenters. The summed E-state index contributed by atoms with van der Waals surface area (Å²) in [5, 5.41) is 4.05. The zero-order valence-corrected chi connectivity index (χ0v) is 10.8. The lowest BCUT2D eigenvalue weighted by Gasteiger charge is -2.25. The molecule has 1 N–H and O–H groups in total. The topological polar surface area (TPSA) is 12.0 Å². The first-order chi connectivity index (χ1) is 6.97. The molecule has 84 valence electrons. The van der Waals surface area contributed by atoms with Gasteiger partial charge in [0, 0.05) is 5.02 Å². The van der Waals surface area contributed by atoms with Gasteiger partial charge in [-0.15, -0.1) is 0 Å². The maximum atomic E-state index is 6.14. The number of hydrogen-bond acceptors (Lipinski definition) is 1. The molecular formula is C13H20ClN. The van der Waals surface area contributed by atoms with Crippen LogP contribution in [0.5, 0.6) is 0 Å². The monoisotopic (exact) mass is 225 g/mol. The van der Waals surface area contributed by atoms with Gasteiger partial charge in [0.2, 0.25) is 0 Å². The van der Waals surface area contributed by atoms with Crippen LogP contribution < -0.4 is 5.32 Å². The van der Waals surface area contributed by atoms with Gasteiger partial charge >= 0.3 is 0 Å². The van der Waals surface area contributed by atoms with Crippen LogP contribution in [0, 0.1) is 6.92 Å². The van der Waals surface area contributed by atoms with E-state index in [0.717, 1.165) is 23.6 Å². The van der Waals surface area contributed by atoms with E-state index >= 15 is 0 Å². The van der Waals surface area contributed by atoms with E-state index in [4.69, 9.17) is 11.6 Å². The van der Waals surface area contributed by atoms with Crippen LogP contribution in [-0.4, -0.2) is 13.6 Å². The maximum absolute atomic E-state index is 6.14. The molecule has 2 heteroatoms. The Labute approximate surface area is 97.8 Å². The van der Waals surface area contributed by atoms with E-state index < -0.39 is 0 Å². The minimum atomic E-state index is 0.181. The number of nitrogens with one attached hydrogen (secondary N) is 1. The Morgan fingerprint density at radius 2 is 2.00 bits per heavy atom. The molecule has 0 atom stereocenters. The number of benzene rings is 1. The molecule has 0 spiro atoms. The zero-order valence-electron chi connectivity index (χ0n) is 10.0. The van der Waals surface area contributed by atoms with Gasteiger partial charge in [-0.05, 0) is 49.5 Å². The van der Waals surface area contributed by atoms with Crippen molar-refractivity contribution in [2.75, 3.05) is 13.6 Å². The molecule has 0 aliphatic heterocycles. The predicted molar refractivity (Wildman–Crippen MR) is 67.8 cm³/mol. The van der Waals surface area contributed by atoms with E-state index in [2.05, 4.69) is 37.4 Å². The lowest BCUT2D eigenvalue weighted by molar-refractivity contribution is 0.469. The summed E-state index contributed by atoms with van der Waals surface area (Å²) in [5.74, 6) is 0. The molecule has 0 saturated heterocycles. The van der Waals surface area contributed by atoms with Gasteiger partial charge < -0.3 is 5.32 Å². The first-order valence-electron chi connectivity index (χ1n) is 5.38. The van der Waals surface area contributed by atoms with Gasteiger partial charge in [-0.1, -0.05) is 37.6 Å². The van der Waals surface area contributed by atoms with Crippen LogP contribution >= 0.6 is 11.6 Å². The number of aryl methyl sites for hydroxylation is 1. The van der Waals surface area contributed by atoms with Crippen LogP contribution in [0.2, 0.25) is 5.02 Å². The molecule has 1 aromatic rings. The second-order valence-corrected chi connectivity index (χ2v) is 5.11. The van der Waals surface area contributed by atoms with Gasteiger partial charge in [-0.2, -0.15) is 0 Å². The summed E-state index contributed by atoms with van der Waals surface area (Å²) >= 11 is 6.14. The van der Waals surface area contributed by atoms with Gasteiger partial charge in [-0.25, -0.2) is 0 Å². The molecule has 0 aromatic heterocycles. The summed E-state index contributed by atoms with van der Waals surface area (Å²) in [6.45, 7) is 7.57. The quantitative estimate of drug-likeness (QED) is 0.827. The van der Waals surface area contributed by atoms with E-state index in [1.165, 1.54) is 5.56 Å². The fourth-order valence-corrected chi connectivity index (χ4v) is 1.78. The highest BCUT2D eigenvalue weighted by Gasteiger charge is 2.20. The largest absolute Gasteiger partial charge is 0.320 e. The number of hydrogen-bond donors (Lipinski definition) is 1. The first-order valence-corrected chi connectivity index (χ1v) is 5.76. The van der Waals surface area contributed by atoms with Crippen molar-refractivity contribution in [3.8, 4) is 0 Å². The van der Waals surface area contributed by atoms with Crippen LogP contribution in [-0.2, 0) is 5.41 Å². The zero-order chi connectivity index (χ0) is 11.5. The van der Waals surface area contributed by atoms with Gasteiger partial charge in [0.1, 0.15) is 0 Å². The molecule has 0 aliphatic rings. The SMILES string of the molecule is CNCCC(C)(C)c1ccc(C)c(Cl)c1. The lowest BCUT2D eigenvalue weighted by atomic mass is 9.81. The predicted octanol–water partition coefficient (Wildman–Crippen LogP) is 3.54. The van der Waals surface area contributed by atoms with E-state index in [0.29, 0.717) is 0 Å². The highest BCUT2D eigenvalue weighted by Crippen LogP contribution is 2.29. The molecule has 0 bridgehead atoms. The molecule has 1 aromatic carbocycles. The van der Waals surface area contributed by atoms with Gasteiger partial charge in [0.05, 0.1) is 0 Å². The first kappa shape index (κ1) is 12.5. The van der Waals surface area contributed by atoms with Crippen molar-refractivity contribution < 1.29 is 0 Å². The second kappa shape index (κ2) is 5.00. The van der Waals surface area contributed by atoms with Crippen LogP contribution in [0.25, 0.3) is 0 Å². The second-order valence-electron chi connectivity index (χ2n) is 4.70. The molecule has 0 amide bonds. The molecule has 0 fully saturated rings. The average molecular weight is 226 g/mol. The van der Waals surface area contributed by atoms with Gasteiger partial charge in [0.25, 0.3) is 0 Å². The summed E-state index contributed by atoms with van der Waals surface area (Å²) < 4.78 is 0. The average Bonchev–Trinajstić information content (AvgIpc) is 2.19. The van der Waals surface area contributed by atoms with Crippen LogP contribution in [0.4, 0.5) is 0 Å². The van der Waals surface area contributed by atoms with Crippen molar-refractivity contribution in [3.05, 3.63) is 34.3 Å². The molecule has 1 nitrogen and oxygen atoms in total. The van der Waals surface area contributed by atoms with Crippen LogP contribution in [0.15, 0.2) is 18.2 Å². The van der Waals surface area contributed by atoms with Crippen LogP contribution in [0.1, 0.15) is 31.4 Å². The molecule has 1 rings (SSSR count). The highest BCUT2D eigenvalue weighted by molar-refractivity contribution is 6.31. The van der Waals surface area contributed by atoms with Crippen molar-refractivity contribution in [1.82, 2.24) is 5.32 Å². The van der Waals surface area contributed by atoms with Crippen LogP contribution in [0.3, 0.4) is 0 Å². The molecule has 0 heterocycles. The fraction of sp³-hybridized carbons (Fsp3) is 0.538. The van der Waals surface area contributed by atoms with Crippen molar-refractivity contribution >= 4 is 11.6 Å². The lowest BCUT2D eigenvalue weighted by Crippen LogP contribution is -2.23. The smallest absolute Gasteiger partial charge is 0.0438 e. The Kier molecular flexibility index (Phi) is 4.18. The van der Waals surface area contributed by atoms with Gasteiger partial charge in [-0.3, -0.25) is 0 Å². The van der Waals surface area contributed by atoms with Crippen molar-refractivity contribution in [2.45, 2.75) is 32.6 Å². The minimum Gasteiger partial charge on any atom is -0.320 e. The molecular weight excluding hydrogens is 206 g/mol. The van der Waals surface area contributed by atoms with Crippen molar-refractivity contribution in [3.63, 3.8) is 0 Å². The molecule has 0 radical (unpaired) electrons. The summed E-state index contributed by atoms with van der Waals surface area (Å²) in [6, 6.07) is 6.36. The van der Waals surface area contributed by atoms with Crippen molar-refractivity contribution in [2.24, 2.45) is 0 Å². The van der Waals surface area contributed by atoms with Crippen molar-refractivity contribution in [1.29, 1.82) is 0 Å². The standard InChI is InChI=1S/C13H20ClN/c1-10-5-6-11(9-12(10)14)13(2,3)7-8-15-4/h5-6,9,15H,7-8H2,1-4H3. The molecule has 0 saturated carbocycles. The summed E-state index contributed by atoms with van der Waals surface area (Å²) in [7, 11) is 1.98. The fourth-order valence-electron chi connectivity index (χ4n) is 1.60. The summed E-state index contributed by atoms with van der Waals surface area (Å²) in [5.41, 5.74) is 2.64. The Morgan fingerprint density at radius 1 is 1.33 bits per heavy atom. The third-order valence-electron chi connectivity index (χ3n) is 2.95. The number of rotatable bonds is 4. The Balaban J connectivity index is 2.89. The summed E-state index contributed by atoms with van der Waals surface area (Å²) in [6.07, 6.45) is 1.11. The Morgan fingerprint density at radius 3 is 2.53 bits per heavy atom.